The van der Waals surface area contributed by atoms with Crippen molar-refractivity contribution >= 4 is 35.0 Å². The molecule has 2 aromatic rings. The molecule has 40 heavy (non-hydrogen) atoms. The molecule has 1 saturated heterocycles. The Labute approximate surface area is 236 Å². The van der Waals surface area contributed by atoms with Crippen molar-refractivity contribution in [2.24, 2.45) is 11.3 Å². The molecule has 1 aromatic carbocycles. The highest BCUT2D eigenvalue weighted by Gasteiger charge is 2.55. The van der Waals surface area contributed by atoms with E-state index in [4.69, 9.17) is 9.72 Å². The van der Waals surface area contributed by atoms with Crippen LogP contribution in [-0.4, -0.2) is 80.1 Å². The van der Waals surface area contributed by atoms with Crippen LogP contribution in [0.4, 0.5) is 23.1 Å². The lowest BCUT2D eigenvalue weighted by molar-refractivity contribution is -0.122. The summed E-state index contributed by atoms with van der Waals surface area (Å²) in [6.45, 7) is 3.55. The highest BCUT2D eigenvalue weighted by molar-refractivity contribution is 6.03. The van der Waals surface area contributed by atoms with Crippen molar-refractivity contribution in [2.75, 3.05) is 62.5 Å². The molecule has 0 atom stereocenters. The molecule has 4 aliphatic rings. The van der Waals surface area contributed by atoms with Gasteiger partial charge in [0.2, 0.25) is 11.9 Å². The molecule has 2 amide bonds. The number of ether oxygens (including phenoxy) is 1. The van der Waals surface area contributed by atoms with E-state index in [1.807, 2.05) is 13.1 Å². The first-order valence-electron chi connectivity index (χ1n) is 14.7. The van der Waals surface area contributed by atoms with Gasteiger partial charge in [0.25, 0.3) is 5.91 Å². The summed E-state index contributed by atoms with van der Waals surface area (Å²) in [5.41, 5.74) is 1.70. The zero-order valence-electron chi connectivity index (χ0n) is 23.9. The van der Waals surface area contributed by atoms with Gasteiger partial charge >= 0.3 is 0 Å². The largest absolute Gasteiger partial charge is 0.495 e. The van der Waals surface area contributed by atoms with E-state index in [2.05, 4.69) is 32.5 Å². The van der Waals surface area contributed by atoms with Gasteiger partial charge in [-0.3, -0.25) is 9.59 Å². The van der Waals surface area contributed by atoms with Gasteiger partial charge in [0, 0.05) is 31.7 Å². The van der Waals surface area contributed by atoms with Crippen molar-refractivity contribution in [3.8, 4) is 5.75 Å². The smallest absolute Gasteiger partial charge is 0.251 e. The number of hydrogen-bond donors (Lipinski definition) is 2. The second-order valence-electron chi connectivity index (χ2n) is 12.1. The third-order valence-electron chi connectivity index (χ3n) is 9.33. The Morgan fingerprint density at radius 3 is 2.58 bits per heavy atom. The van der Waals surface area contributed by atoms with Crippen LogP contribution in [0.15, 0.2) is 24.4 Å². The van der Waals surface area contributed by atoms with Crippen molar-refractivity contribution in [2.45, 2.75) is 57.4 Å². The highest BCUT2D eigenvalue weighted by Crippen LogP contribution is 2.52. The van der Waals surface area contributed by atoms with Crippen LogP contribution in [0.5, 0.6) is 5.75 Å². The molecule has 10 heteroatoms. The first-order valence-corrected chi connectivity index (χ1v) is 14.7. The summed E-state index contributed by atoms with van der Waals surface area (Å²) in [7, 11) is 5.58. The van der Waals surface area contributed by atoms with Gasteiger partial charge in [-0.05, 0) is 82.8 Å². The van der Waals surface area contributed by atoms with Crippen molar-refractivity contribution < 1.29 is 14.3 Å². The van der Waals surface area contributed by atoms with Crippen LogP contribution < -0.4 is 25.2 Å². The predicted molar refractivity (Wildman–Crippen MR) is 156 cm³/mol. The lowest BCUT2D eigenvalue weighted by Gasteiger charge is -2.31. The summed E-state index contributed by atoms with van der Waals surface area (Å²) < 4.78 is 5.65. The molecule has 1 aromatic heterocycles. The SMILES string of the molecule is COc1cc(C(=O)NCC2CCN(C)CC2)ccc1Nc1ncc2c(n1)N(C1CCCC1)CC1(CC1)C(=O)N2C. The third kappa shape index (κ3) is 5.21. The minimum absolute atomic E-state index is 0.0982. The summed E-state index contributed by atoms with van der Waals surface area (Å²) in [6.07, 6.45) is 10.5. The third-order valence-corrected chi connectivity index (χ3v) is 9.33. The Bertz CT molecular complexity index is 1270. The molecule has 0 bridgehead atoms. The van der Waals surface area contributed by atoms with E-state index in [9.17, 15) is 9.59 Å². The first kappa shape index (κ1) is 26.8. The van der Waals surface area contributed by atoms with E-state index in [-0.39, 0.29) is 17.2 Å². The lowest BCUT2D eigenvalue weighted by atomic mass is 9.97. The van der Waals surface area contributed by atoms with Crippen molar-refractivity contribution in [3.63, 3.8) is 0 Å². The second-order valence-corrected chi connectivity index (χ2v) is 12.1. The number of rotatable bonds is 7. The molecule has 1 spiro atoms. The number of amides is 2. The molecular formula is C30H41N7O3. The molecule has 2 aliphatic heterocycles. The molecule has 3 fully saturated rings. The van der Waals surface area contributed by atoms with Gasteiger partial charge in [0.05, 0.1) is 24.4 Å². The highest BCUT2D eigenvalue weighted by atomic mass is 16.5. The Kier molecular flexibility index (Phi) is 7.29. The molecule has 2 N–H and O–H groups in total. The number of benzene rings is 1. The molecule has 0 radical (unpaired) electrons. The fraction of sp³-hybridized carbons (Fsp3) is 0.600. The molecule has 2 aliphatic carbocycles. The number of nitrogens with one attached hydrogen (secondary N) is 2. The van der Waals surface area contributed by atoms with Gasteiger partial charge in [-0.25, -0.2) is 4.98 Å². The molecule has 0 unspecified atom stereocenters. The number of anilines is 4. The Morgan fingerprint density at radius 2 is 1.88 bits per heavy atom. The predicted octanol–water partition coefficient (Wildman–Crippen LogP) is 3.81. The second kappa shape index (κ2) is 10.9. The minimum atomic E-state index is -0.293. The number of carbonyl (C=O) groups is 2. The maximum absolute atomic E-state index is 13.3. The number of aromatic nitrogens is 2. The molecule has 2 saturated carbocycles. The van der Waals surface area contributed by atoms with Crippen LogP contribution in [0.25, 0.3) is 0 Å². The summed E-state index contributed by atoms with van der Waals surface area (Å²) in [6, 6.07) is 5.78. The van der Waals surface area contributed by atoms with Crippen LogP contribution in [0.2, 0.25) is 0 Å². The first-order chi connectivity index (χ1) is 19.4. The standard InChI is InChI=1S/C30H41N7O3/c1-35-14-10-20(11-15-35)17-31-27(38)21-8-9-23(25(16-21)40-3)33-29-32-18-24-26(34-29)37(22-6-4-5-7-22)19-30(12-13-30)28(39)36(24)2/h8-9,16,18,20,22H,4-7,10-15,17,19H2,1-3H3,(H,31,38)(H,32,33,34). The van der Waals surface area contributed by atoms with Gasteiger partial charge < -0.3 is 30.1 Å². The van der Waals surface area contributed by atoms with E-state index < -0.39 is 0 Å². The molecule has 6 rings (SSSR count). The van der Waals surface area contributed by atoms with Gasteiger partial charge in [-0.15, -0.1) is 0 Å². The lowest BCUT2D eigenvalue weighted by Crippen LogP contribution is -2.41. The topological polar surface area (TPSA) is 103 Å². The van der Waals surface area contributed by atoms with Gasteiger partial charge in [-0.1, -0.05) is 12.8 Å². The van der Waals surface area contributed by atoms with E-state index >= 15 is 0 Å². The van der Waals surface area contributed by atoms with Crippen molar-refractivity contribution in [1.29, 1.82) is 0 Å². The van der Waals surface area contributed by atoms with Crippen molar-refractivity contribution in [3.05, 3.63) is 30.0 Å². The molecular weight excluding hydrogens is 506 g/mol. The van der Waals surface area contributed by atoms with E-state index in [1.165, 1.54) is 12.8 Å². The maximum Gasteiger partial charge on any atom is 0.251 e. The van der Waals surface area contributed by atoms with E-state index in [0.717, 1.165) is 69.7 Å². The molecule has 10 nitrogen and oxygen atoms in total. The zero-order valence-corrected chi connectivity index (χ0v) is 23.9. The molecule has 214 valence electrons. The van der Waals surface area contributed by atoms with Crippen molar-refractivity contribution in [1.82, 2.24) is 20.2 Å². The summed E-state index contributed by atoms with van der Waals surface area (Å²) in [5, 5.41) is 6.41. The number of nitrogens with zero attached hydrogens (tertiary/aromatic N) is 5. The fourth-order valence-corrected chi connectivity index (χ4v) is 6.51. The van der Waals surface area contributed by atoms with E-state index in [1.54, 1.807) is 30.3 Å². The summed E-state index contributed by atoms with van der Waals surface area (Å²) in [4.78, 5) is 42.2. The average molecular weight is 548 g/mol. The minimum Gasteiger partial charge on any atom is -0.495 e. The van der Waals surface area contributed by atoms with Gasteiger partial charge in [-0.2, -0.15) is 4.98 Å². The zero-order chi connectivity index (χ0) is 27.9. The Morgan fingerprint density at radius 1 is 1.12 bits per heavy atom. The summed E-state index contributed by atoms with van der Waals surface area (Å²) >= 11 is 0. The quantitative estimate of drug-likeness (QED) is 0.540. The fourth-order valence-electron chi connectivity index (χ4n) is 6.51. The van der Waals surface area contributed by atoms with Crippen LogP contribution >= 0.6 is 0 Å². The van der Waals surface area contributed by atoms with Crippen LogP contribution in [0, 0.1) is 11.3 Å². The molecule has 3 heterocycles. The number of likely N-dealkylation sites (tertiary alicyclic amines) is 1. The Hall–Kier alpha value is -3.40. The number of piperidine rings is 1. The summed E-state index contributed by atoms with van der Waals surface area (Å²) in [5.74, 6) is 2.38. The van der Waals surface area contributed by atoms with E-state index in [0.29, 0.717) is 41.5 Å². The normalized spacial score (nSPS) is 21.3. The van der Waals surface area contributed by atoms with Crippen LogP contribution in [-0.2, 0) is 4.79 Å². The number of fused-ring (bicyclic) bond motifs is 1. The Balaban J connectivity index is 1.20. The number of carbonyl (C=O) groups excluding carboxylic acids is 2. The van der Waals surface area contributed by atoms with Crippen LogP contribution in [0.3, 0.4) is 0 Å². The monoisotopic (exact) mass is 547 g/mol. The maximum atomic E-state index is 13.3. The number of hydrogen-bond acceptors (Lipinski definition) is 8. The van der Waals surface area contributed by atoms with Crippen LogP contribution in [0.1, 0.15) is 61.7 Å². The van der Waals surface area contributed by atoms with Gasteiger partial charge in [0.1, 0.15) is 11.4 Å². The average Bonchev–Trinajstić information content (AvgIpc) is 3.58. The number of methoxy groups -OCH3 is 1. The van der Waals surface area contributed by atoms with Gasteiger partial charge in [0.15, 0.2) is 5.82 Å².